The van der Waals surface area contributed by atoms with Crippen LogP contribution in [-0.2, 0) is 9.53 Å². The number of rotatable bonds is 5. The zero-order valence-electron chi connectivity index (χ0n) is 8.67. The van der Waals surface area contributed by atoms with E-state index in [0.717, 1.165) is 6.42 Å². The summed E-state index contributed by atoms with van der Waals surface area (Å²) in [4.78, 5) is 11.0. The second kappa shape index (κ2) is 7.59. The van der Waals surface area contributed by atoms with Crippen LogP contribution in [0.25, 0.3) is 0 Å². The largest absolute Gasteiger partial charge is 0.466 e. The molecule has 0 bridgehead atoms. The molecule has 74 valence electrons. The molecule has 0 amide bonds. The number of esters is 1. The number of hydrogen-bond acceptors (Lipinski definition) is 2. The summed E-state index contributed by atoms with van der Waals surface area (Å²) < 4.78 is 4.82. The smallest absolute Gasteiger partial charge is 0.306 e. The van der Waals surface area contributed by atoms with Gasteiger partial charge in [-0.1, -0.05) is 23.8 Å². The highest BCUT2D eigenvalue weighted by atomic mass is 16.5. The zero-order chi connectivity index (χ0) is 10.1. The second-order valence-corrected chi connectivity index (χ2v) is 2.67. The fraction of sp³-hybridized carbons (Fsp3) is 0.545. The van der Waals surface area contributed by atoms with E-state index in [2.05, 4.69) is 0 Å². The highest BCUT2D eigenvalue weighted by Crippen LogP contribution is 2.07. The number of hydrogen-bond donors (Lipinski definition) is 0. The SMILES string of the molecule is CC=CC(=CC)CCC(=O)OCC. The van der Waals surface area contributed by atoms with Crippen molar-refractivity contribution < 1.29 is 9.53 Å². The summed E-state index contributed by atoms with van der Waals surface area (Å²) in [5.74, 6) is -0.119. The minimum atomic E-state index is -0.119. The van der Waals surface area contributed by atoms with Crippen LogP contribution in [0.1, 0.15) is 33.6 Å². The van der Waals surface area contributed by atoms with Crippen LogP contribution in [0.3, 0.4) is 0 Å². The van der Waals surface area contributed by atoms with Crippen LogP contribution in [0.5, 0.6) is 0 Å². The topological polar surface area (TPSA) is 26.3 Å². The summed E-state index contributed by atoms with van der Waals surface area (Å²) in [5, 5.41) is 0. The molecule has 0 aliphatic carbocycles. The minimum Gasteiger partial charge on any atom is -0.466 e. The Morgan fingerprint density at radius 3 is 2.46 bits per heavy atom. The van der Waals surface area contributed by atoms with Gasteiger partial charge in [0.25, 0.3) is 0 Å². The van der Waals surface area contributed by atoms with E-state index in [0.29, 0.717) is 13.0 Å². The standard InChI is InChI=1S/C11H18O2/c1-4-7-10(5-2)8-9-11(12)13-6-3/h4-5,7H,6,8-9H2,1-3H3. The molecule has 0 aromatic heterocycles. The highest BCUT2D eigenvalue weighted by molar-refractivity contribution is 5.69. The summed E-state index contributed by atoms with van der Waals surface area (Å²) >= 11 is 0. The average molecular weight is 182 g/mol. The molecule has 0 aromatic rings. The maximum atomic E-state index is 11.0. The number of carbonyl (C=O) groups is 1. The Morgan fingerprint density at radius 2 is 2.00 bits per heavy atom. The first-order valence-corrected chi connectivity index (χ1v) is 4.68. The molecule has 0 aliphatic rings. The van der Waals surface area contributed by atoms with Gasteiger partial charge < -0.3 is 4.74 Å². The van der Waals surface area contributed by atoms with Gasteiger partial charge in [-0.15, -0.1) is 0 Å². The van der Waals surface area contributed by atoms with E-state index < -0.39 is 0 Å². The van der Waals surface area contributed by atoms with Gasteiger partial charge in [0, 0.05) is 6.42 Å². The van der Waals surface area contributed by atoms with E-state index >= 15 is 0 Å². The van der Waals surface area contributed by atoms with E-state index in [1.807, 2.05) is 39.0 Å². The van der Waals surface area contributed by atoms with Crippen molar-refractivity contribution in [3.05, 3.63) is 23.8 Å². The molecule has 0 rings (SSSR count). The van der Waals surface area contributed by atoms with Crippen molar-refractivity contribution in [1.29, 1.82) is 0 Å². The lowest BCUT2D eigenvalue weighted by molar-refractivity contribution is -0.143. The van der Waals surface area contributed by atoms with Gasteiger partial charge >= 0.3 is 5.97 Å². The normalized spacial score (nSPS) is 12.1. The molecule has 0 saturated carbocycles. The summed E-state index contributed by atoms with van der Waals surface area (Å²) in [6, 6.07) is 0. The van der Waals surface area contributed by atoms with Gasteiger partial charge in [0.1, 0.15) is 0 Å². The maximum absolute atomic E-state index is 11.0. The lowest BCUT2D eigenvalue weighted by Crippen LogP contribution is -2.03. The first-order chi connectivity index (χ1) is 6.24. The Bertz CT molecular complexity index is 202. The third-order valence-corrected chi connectivity index (χ3v) is 1.67. The Kier molecular flexibility index (Phi) is 6.98. The maximum Gasteiger partial charge on any atom is 0.306 e. The molecule has 0 heterocycles. The number of ether oxygens (including phenoxy) is 1. The fourth-order valence-electron chi connectivity index (χ4n) is 1.02. The van der Waals surface area contributed by atoms with Gasteiger partial charge in [0.15, 0.2) is 0 Å². The average Bonchev–Trinajstić information content (AvgIpc) is 2.12. The lowest BCUT2D eigenvalue weighted by Gasteiger charge is -2.01. The Hall–Kier alpha value is -1.05. The van der Waals surface area contributed by atoms with Crippen LogP contribution in [0.15, 0.2) is 23.8 Å². The van der Waals surface area contributed by atoms with Gasteiger partial charge in [-0.2, -0.15) is 0 Å². The third-order valence-electron chi connectivity index (χ3n) is 1.67. The van der Waals surface area contributed by atoms with Gasteiger partial charge in [-0.05, 0) is 27.2 Å². The Labute approximate surface area is 80.3 Å². The second-order valence-electron chi connectivity index (χ2n) is 2.67. The van der Waals surface area contributed by atoms with E-state index in [-0.39, 0.29) is 5.97 Å². The summed E-state index contributed by atoms with van der Waals surface area (Å²) in [6.07, 6.45) is 7.23. The van der Waals surface area contributed by atoms with Crippen molar-refractivity contribution in [2.45, 2.75) is 33.6 Å². The van der Waals surface area contributed by atoms with Gasteiger partial charge in [-0.3, -0.25) is 4.79 Å². The highest BCUT2D eigenvalue weighted by Gasteiger charge is 2.01. The molecule has 0 radical (unpaired) electrons. The quantitative estimate of drug-likeness (QED) is 0.482. The molecule has 0 atom stereocenters. The monoisotopic (exact) mass is 182 g/mol. The Morgan fingerprint density at radius 1 is 1.31 bits per heavy atom. The molecule has 0 aromatic carbocycles. The van der Waals surface area contributed by atoms with Crippen molar-refractivity contribution in [3.8, 4) is 0 Å². The van der Waals surface area contributed by atoms with Crippen molar-refractivity contribution in [1.82, 2.24) is 0 Å². The first-order valence-electron chi connectivity index (χ1n) is 4.68. The van der Waals surface area contributed by atoms with Crippen molar-refractivity contribution in [3.63, 3.8) is 0 Å². The van der Waals surface area contributed by atoms with Crippen LogP contribution in [-0.4, -0.2) is 12.6 Å². The van der Waals surface area contributed by atoms with E-state index in [1.54, 1.807) is 0 Å². The molecule has 0 aliphatic heterocycles. The molecule has 2 nitrogen and oxygen atoms in total. The summed E-state index contributed by atoms with van der Waals surface area (Å²) in [6.45, 7) is 6.22. The molecule has 0 fully saturated rings. The minimum absolute atomic E-state index is 0.119. The molecular formula is C11H18O2. The fourth-order valence-corrected chi connectivity index (χ4v) is 1.02. The van der Waals surface area contributed by atoms with Crippen LogP contribution >= 0.6 is 0 Å². The van der Waals surface area contributed by atoms with Crippen LogP contribution in [0.4, 0.5) is 0 Å². The van der Waals surface area contributed by atoms with E-state index in [1.165, 1.54) is 5.57 Å². The van der Waals surface area contributed by atoms with E-state index in [9.17, 15) is 4.79 Å². The van der Waals surface area contributed by atoms with Crippen LogP contribution in [0.2, 0.25) is 0 Å². The molecule has 0 unspecified atom stereocenters. The van der Waals surface area contributed by atoms with Crippen LogP contribution in [0, 0.1) is 0 Å². The lowest BCUT2D eigenvalue weighted by atomic mass is 10.1. The summed E-state index contributed by atoms with van der Waals surface area (Å²) in [7, 11) is 0. The molecule has 2 heteroatoms. The van der Waals surface area contributed by atoms with Crippen molar-refractivity contribution in [2.75, 3.05) is 6.61 Å². The van der Waals surface area contributed by atoms with Crippen LogP contribution < -0.4 is 0 Å². The molecular weight excluding hydrogens is 164 g/mol. The number of allylic oxidation sites excluding steroid dienone is 4. The molecule has 0 saturated heterocycles. The number of carbonyl (C=O) groups excluding carboxylic acids is 1. The summed E-state index contributed by atoms with van der Waals surface area (Å²) in [5.41, 5.74) is 1.18. The Balaban J connectivity index is 3.79. The molecule has 13 heavy (non-hydrogen) atoms. The predicted molar refractivity (Wildman–Crippen MR) is 54.4 cm³/mol. The predicted octanol–water partition coefficient (Wildman–Crippen LogP) is 2.85. The van der Waals surface area contributed by atoms with Crippen molar-refractivity contribution >= 4 is 5.97 Å². The first kappa shape index (κ1) is 11.9. The zero-order valence-corrected chi connectivity index (χ0v) is 8.67. The van der Waals surface area contributed by atoms with Gasteiger partial charge in [0.05, 0.1) is 6.61 Å². The third kappa shape index (κ3) is 6.14. The molecule has 0 spiro atoms. The van der Waals surface area contributed by atoms with Crippen molar-refractivity contribution in [2.24, 2.45) is 0 Å². The van der Waals surface area contributed by atoms with E-state index in [4.69, 9.17) is 4.74 Å². The van der Waals surface area contributed by atoms with Gasteiger partial charge in [0.2, 0.25) is 0 Å². The molecule has 0 N–H and O–H groups in total. The van der Waals surface area contributed by atoms with Gasteiger partial charge in [-0.25, -0.2) is 0 Å².